The summed E-state index contributed by atoms with van der Waals surface area (Å²) in [7, 11) is -3.01. The summed E-state index contributed by atoms with van der Waals surface area (Å²) in [5.74, 6) is -1.94. The highest BCUT2D eigenvalue weighted by molar-refractivity contribution is 7.91. The summed E-state index contributed by atoms with van der Waals surface area (Å²) in [6, 6.07) is 13.0. The normalized spacial score (nSPS) is 23.0. The van der Waals surface area contributed by atoms with Crippen LogP contribution in [-0.2, 0) is 14.6 Å². The number of hydrogen-bond acceptors (Lipinski definition) is 7. The summed E-state index contributed by atoms with van der Waals surface area (Å²) in [5, 5.41) is 15.2. The maximum absolute atomic E-state index is 15.0. The Morgan fingerprint density at radius 2 is 1.86 bits per heavy atom. The van der Waals surface area contributed by atoms with Gasteiger partial charge in [-0.1, -0.05) is 38.8 Å². The molecule has 5 rings (SSSR count). The summed E-state index contributed by atoms with van der Waals surface area (Å²) in [6.45, 7) is 6.57. The van der Waals surface area contributed by atoms with Crippen LogP contribution in [0.3, 0.4) is 0 Å². The minimum Gasteiger partial charge on any atom is -0.369 e. The van der Waals surface area contributed by atoms with Crippen molar-refractivity contribution in [3.05, 3.63) is 59.8 Å². The van der Waals surface area contributed by atoms with Gasteiger partial charge in [0.05, 0.1) is 40.3 Å². The van der Waals surface area contributed by atoms with E-state index in [1.54, 1.807) is 0 Å². The van der Waals surface area contributed by atoms with Gasteiger partial charge in [0.1, 0.15) is 0 Å². The van der Waals surface area contributed by atoms with Crippen molar-refractivity contribution in [2.24, 2.45) is 23.0 Å². The average Bonchev–Trinajstić information content (AvgIpc) is 3.30. The Morgan fingerprint density at radius 3 is 2.45 bits per heavy atom. The zero-order chi connectivity index (χ0) is 30.2. The molecule has 2 unspecified atom stereocenters. The van der Waals surface area contributed by atoms with Crippen molar-refractivity contribution < 1.29 is 17.6 Å². The molecule has 0 radical (unpaired) electrons. The summed E-state index contributed by atoms with van der Waals surface area (Å²) >= 11 is 0. The lowest BCUT2D eigenvalue weighted by Crippen LogP contribution is -2.50. The van der Waals surface area contributed by atoms with Crippen molar-refractivity contribution in [2.45, 2.75) is 52.4 Å². The fraction of sp³-hybridized carbons (Fsp3) is 0.484. The number of benzene rings is 1. The molecule has 1 saturated carbocycles. The van der Waals surface area contributed by atoms with Crippen molar-refractivity contribution >= 4 is 21.4 Å². The minimum absolute atomic E-state index is 0.0508. The minimum atomic E-state index is -3.01. The second kappa shape index (κ2) is 11.5. The number of anilines is 1. The summed E-state index contributed by atoms with van der Waals surface area (Å²) < 4.78 is 40.4. The van der Waals surface area contributed by atoms with Crippen molar-refractivity contribution in [3.63, 3.8) is 0 Å². The molecule has 1 aliphatic carbocycles. The van der Waals surface area contributed by atoms with Gasteiger partial charge >= 0.3 is 0 Å². The van der Waals surface area contributed by atoms with Crippen LogP contribution in [0.25, 0.3) is 16.9 Å². The Balaban J connectivity index is 1.68. The smallest absolute Gasteiger partial charge is 0.225 e. The van der Waals surface area contributed by atoms with E-state index in [9.17, 15) is 18.5 Å². The number of pyridine rings is 1. The molecule has 2 fully saturated rings. The van der Waals surface area contributed by atoms with Crippen LogP contribution in [-0.4, -0.2) is 53.7 Å². The topological polar surface area (TPSA) is 135 Å². The summed E-state index contributed by atoms with van der Waals surface area (Å²) in [6.07, 6.45) is 4.21. The molecule has 3 atom stereocenters. The van der Waals surface area contributed by atoms with Gasteiger partial charge in [0.15, 0.2) is 21.5 Å². The molecule has 0 spiro atoms. The number of nitrogens with zero attached hydrogens (tertiary/aromatic N) is 5. The lowest BCUT2D eigenvalue weighted by molar-refractivity contribution is -0.134. The molecule has 3 aromatic rings. The average molecular weight is 593 g/mol. The van der Waals surface area contributed by atoms with Crippen LogP contribution < -0.4 is 10.6 Å². The Bertz CT molecular complexity index is 1610. The van der Waals surface area contributed by atoms with Crippen molar-refractivity contribution in [2.75, 3.05) is 29.5 Å². The van der Waals surface area contributed by atoms with Crippen LogP contribution in [0.15, 0.2) is 42.6 Å². The maximum Gasteiger partial charge on any atom is 0.225 e. The molecule has 3 heterocycles. The lowest BCUT2D eigenvalue weighted by Gasteiger charge is -2.45. The number of rotatable bonds is 7. The Kier molecular flexibility index (Phi) is 8.12. The van der Waals surface area contributed by atoms with Crippen LogP contribution in [0, 0.1) is 41.3 Å². The third kappa shape index (κ3) is 5.17. The van der Waals surface area contributed by atoms with Crippen LogP contribution in [0.4, 0.5) is 10.1 Å². The number of sulfone groups is 1. The molecule has 11 heteroatoms. The van der Waals surface area contributed by atoms with Gasteiger partial charge < -0.3 is 10.6 Å². The number of halogens is 1. The molecule has 222 valence electrons. The van der Waals surface area contributed by atoms with Gasteiger partial charge in [0, 0.05) is 36.5 Å². The Hall–Kier alpha value is -3.78. The zero-order valence-corrected chi connectivity index (χ0v) is 25.1. The first-order valence-corrected chi connectivity index (χ1v) is 16.3. The molecule has 9 nitrogen and oxygen atoms in total. The number of nitrogens with two attached hydrogens (primary N) is 1. The van der Waals surface area contributed by atoms with E-state index in [0.717, 1.165) is 29.7 Å². The molecule has 1 aliphatic heterocycles. The highest BCUT2D eigenvalue weighted by Gasteiger charge is 2.54. The van der Waals surface area contributed by atoms with E-state index in [2.05, 4.69) is 11.1 Å². The summed E-state index contributed by atoms with van der Waals surface area (Å²) in [4.78, 5) is 19.7. The largest absolute Gasteiger partial charge is 0.369 e. The number of nitriles is 1. The van der Waals surface area contributed by atoms with Crippen molar-refractivity contribution in [1.29, 1.82) is 5.26 Å². The molecule has 2 N–H and O–H groups in total. The fourth-order valence-electron chi connectivity index (χ4n) is 6.93. The highest BCUT2D eigenvalue weighted by atomic mass is 32.2. The molecule has 1 amide bonds. The molecule has 2 aliphatic rings. The first-order chi connectivity index (χ1) is 20.0. The van der Waals surface area contributed by atoms with Crippen molar-refractivity contribution in [3.8, 4) is 23.0 Å². The predicted octanol–water partition coefficient (Wildman–Crippen LogP) is 4.54. The lowest BCUT2D eigenvalue weighted by atomic mass is 9.55. The van der Waals surface area contributed by atoms with Crippen molar-refractivity contribution in [1.82, 2.24) is 14.8 Å². The number of amides is 1. The summed E-state index contributed by atoms with van der Waals surface area (Å²) in [5.41, 5.74) is 8.80. The highest BCUT2D eigenvalue weighted by Crippen LogP contribution is 2.55. The molecule has 2 aromatic heterocycles. The van der Waals surface area contributed by atoms with Gasteiger partial charge in [0.25, 0.3) is 0 Å². The zero-order valence-electron chi connectivity index (χ0n) is 24.3. The van der Waals surface area contributed by atoms with E-state index >= 15 is 4.39 Å². The maximum atomic E-state index is 15.0. The predicted molar refractivity (Wildman–Crippen MR) is 159 cm³/mol. The van der Waals surface area contributed by atoms with E-state index in [1.807, 2.05) is 49.9 Å². The Morgan fingerprint density at radius 1 is 1.17 bits per heavy atom. The second-order valence-electron chi connectivity index (χ2n) is 11.8. The first-order valence-electron chi connectivity index (χ1n) is 14.5. The monoisotopic (exact) mass is 592 g/mol. The molecular formula is C31H37FN6O3S. The Labute approximate surface area is 246 Å². The molecule has 1 aromatic carbocycles. The van der Waals surface area contributed by atoms with Crippen LogP contribution >= 0.6 is 0 Å². The molecular weight excluding hydrogens is 555 g/mol. The van der Waals surface area contributed by atoms with Gasteiger partial charge in [-0.15, -0.1) is 0 Å². The fourth-order valence-corrected chi connectivity index (χ4v) is 8.13. The van der Waals surface area contributed by atoms with Gasteiger partial charge in [-0.3, -0.25) is 4.79 Å². The molecule has 42 heavy (non-hydrogen) atoms. The van der Waals surface area contributed by atoms with Gasteiger partial charge in [-0.25, -0.2) is 22.5 Å². The molecule has 1 saturated heterocycles. The standard InChI is InChI=1S/C31H37FN6O3S/c1-20(2)25(19-33)31(30(34)39)13-5-4-7-24(31)28-27(21(3)38(36-28)29-26(32)8-6-14-35-29)22-9-11-23(12-10-22)37-15-17-42(40,41)18-16-37/h6,8-12,14,20,24-25H,4-5,7,13,15-18H2,1-3H3,(H2,34,39)/t24?,25-,31?/m0/s1. The number of hydrogen-bond donors (Lipinski definition) is 1. The van der Waals surface area contributed by atoms with Crippen LogP contribution in [0.2, 0.25) is 0 Å². The van der Waals surface area contributed by atoms with E-state index in [4.69, 9.17) is 10.8 Å². The van der Waals surface area contributed by atoms with Crippen LogP contribution in [0.5, 0.6) is 0 Å². The van der Waals surface area contributed by atoms with Gasteiger partial charge in [-0.2, -0.15) is 10.4 Å². The number of carbonyl (C=O) groups excluding carboxylic acids is 1. The van der Waals surface area contributed by atoms with Gasteiger partial charge in [-0.05, 0) is 55.5 Å². The first kappa shape index (κ1) is 29.7. The molecule has 0 bridgehead atoms. The second-order valence-corrected chi connectivity index (χ2v) is 14.1. The third-order valence-electron chi connectivity index (χ3n) is 9.05. The number of aromatic nitrogens is 3. The van der Waals surface area contributed by atoms with Gasteiger partial charge in [0.2, 0.25) is 5.91 Å². The quantitative estimate of drug-likeness (QED) is 0.426. The van der Waals surface area contributed by atoms with E-state index in [0.29, 0.717) is 37.3 Å². The third-order valence-corrected chi connectivity index (χ3v) is 10.7. The van der Waals surface area contributed by atoms with E-state index in [-0.39, 0.29) is 23.2 Å². The SMILES string of the molecule is Cc1c(-c2ccc(N3CCS(=O)(=O)CC3)cc2)c(C2CCCCC2(C(N)=O)[C@@H](C#N)C(C)C)nn1-c1ncccc1F. The van der Waals surface area contributed by atoms with E-state index < -0.39 is 38.8 Å². The number of primary amides is 1. The number of carbonyl (C=O) groups is 1. The van der Waals surface area contributed by atoms with E-state index in [1.165, 1.54) is 23.0 Å². The van der Waals surface area contributed by atoms with Crippen LogP contribution in [0.1, 0.15) is 56.8 Å².